The maximum absolute atomic E-state index is 13.1. The van der Waals surface area contributed by atoms with Gasteiger partial charge in [-0.15, -0.1) is 13.2 Å². The Bertz CT molecular complexity index is 1780. The molecule has 1 atom stereocenters. The molecular formula is C32H26F3N3O4. The Labute approximate surface area is 239 Å². The number of nitrogens with one attached hydrogen (secondary N) is 1. The number of hydrogen-bond donors (Lipinski definition) is 2. The van der Waals surface area contributed by atoms with E-state index in [1.807, 2.05) is 37.3 Å². The zero-order chi connectivity index (χ0) is 30.0. The Kier molecular flexibility index (Phi) is 7.71. The quantitative estimate of drug-likeness (QED) is 0.206. The smallest absolute Gasteiger partial charge is 0.478 e. The van der Waals surface area contributed by atoms with Gasteiger partial charge >= 0.3 is 12.3 Å². The molecule has 0 saturated carbocycles. The van der Waals surface area contributed by atoms with Crippen molar-refractivity contribution in [1.29, 1.82) is 0 Å². The van der Waals surface area contributed by atoms with Gasteiger partial charge in [0.2, 0.25) is 0 Å². The van der Waals surface area contributed by atoms with E-state index in [9.17, 15) is 27.9 Å². The van der Waals surface area contributed by atoms with Crippen LogP contribution in [0.1, 0.15) is 50.5 Å². The molecule has 42 heavy (non-hydrogen) atoms. The number of carboxylic acid groups (broad SMARTS) is 1. The number of aromatic nitrogens is 2. The number of fused-ring (bicyclic) bond motifs is 1. The van der Waals surface area contributed by atoms with Crippen LogP contribution < -0.4 is 10.1 Å². The Morgan fingerprint density at radius 2 is 1.71 bits per heavy atom. The lowest BCUT2D eigenvalue weighted by Gasteiger charge is -2.16. The monoisotopic (exact) mass is 573 g/mol. The molecule has 0 saturated heterocycles. The van der Waals surface area contributed by atoms with Gasteiger partial charge in [-0.25, -0.2) is 4.79 Å². The lowest BCUT2D eigenvalue weighted by molar-refractivity contribution is -0.274. The molecule has 4 aromatic carbocycles. The van der Waals surface area contributed by atoms with Crippen molar-refractivity contribution < 1.29 is 32.6 Å². The Hall–Kier alpha value is -5.12. The van der Waals surface area contributed by atoms with E-state index in [-0.39, 0.29) is 11.3 Å². The first-order valence-electron chi connectivity index (χ1n) is 13.0. The second-order valence-corrected chi connectivity index (χ2v) is 9.84. The number of hydrogen-bond acceptors (Lipinski definition) is 4. The molecule has 7 nitrogen and oxygen atoms in total. The highest BCUT2D eigenvalue weighted by atomic mass is 19.4. The van der Waals surface area contributed by atoms with Gasteiger partial charge < -0.3 is 15.2 Å². The molecule has 0 aliphatic rings. The maximum Gasteiger partial charge on any atom is 0.573 e. The van der Waals surface area contributed by atoms with Crippen LogP contribution in [0.25, 0.3) is 22.0 Å². The SMILES string of the molecule is Cc1nn(Cc2ccc(-c3ccccc3C(=O)O)cc2)c2cc(C(=O)N[C@@H](C)c3cccc(OC(F)(F)F)c3)ccc12. The number of rotatable bonds is 8. The number of aryl methyl sites for hydroxylation is 1. The van der Waals surface area contributed by atoms with Crippen LogP contribution in [0.4, 0.5) is 13.2 Å². The number of aromatic carboxylic acids is 1. The molecule has 5 rings (SSSR count). The number of benzene rings is 4. The summed E-state index contributed by atoms with van der Waals surface area (Å²) >= 11 is 0. The largest absolute Gasteiger partial charge is 0.573 e. The van der Waals surface area contributed by atoms with Gasteiger partial charge in [0.15, 0.2) is 0 Å². The number of carbonyl (C=O) groups excluding carboxylic acids is 1. The van der Waals surface area contributed by atoms with Crippen molar-refractivity contribution >= 4 is 22.8 Å². The zero-order valence-electron chi connectivity index (χ0n) is 22.6. The summed E-state index contributed by atoms with van der Waals surface area (Å²) in [6, 6.07) is 24.5. The highest BCUT2D eigenvalue weighted by molar-refractivity contribution is 5.98. The molecular weight excluding hydrogens is 547 g/mol. The highest BCUT2D eigenvalue weighted by Gasteiger charge is 2.31. The number of carboxylic acids is 1. The van der Waals surface area contributed by atoms with Gasteiger partial charge in [0, 0.05) is 10.9 Å². The first-order chi connectivity index (χ1) is 20.0. The topological polar surface area (TPSA) is 93.5 Å². The minimum Gasteiger partial charge on any atom is -0.478 e. The van der Waals surface area contributed by atoms with Crippen LogP contribution in [0.3, 0.4) is 0 Å². The van der Waals surface area contributed by atoms with Gasteiger partial charge in [-0.2, -0.15) is 5.10 Å². The van der Waals surface area contributed by atoms with E-state index in [1.54, 1.807) is 54.1 Å². The van der Waals surface area contributed by atoms with E-state index in [1.165, 1.54) is 18.2 Å². The van der Waals surface area contributed by atoms with Crippen molar-refractivity contribution in [3.63, 3.8) is 0 Å². The molecule has 1 aromatic heterocycles. The number of ether oxygens (including phenoxy) is 1. The maximum atomic E-state index is 13.1. The lowest BCUT2D eigenvalue weighted by atomic mass is 9.99. The number of halogens is 3. The van der Waals surface area contributed by atoms with E-state index >= 15 is 0 Å². The lowest BCUT2D eigenvalue weighted by Crippen LogP contribution is -2.26. The van der Waals surface area contributed by atoms with Crippen LogP contribution in [0.2, 0.25) is 0 Å². The summed E-state index contributed by atoms with van der Waals surface area (Å²) in [5, 5.41) is 17.9. The Balaban J connectivity index is 1.35. The van der Waals surface area contributed by atoms with Gasteiger partial charge in [0.05, 0.1) is 29.4 Å². The second kappa shape index (κ2) is 11.4. The molecule has 0 radical (unpaired) electrons. The molecule has 5 aromatic rings. The van der Waals surface area contributed by atoms with Crippen molar-refractivity contribution in [3.8, 4) is 16.9 Å². The molecule has 0 fully saturated rings. The van der Waals surface area contributed by atoms with Crippen molar-refractivity contribution in [2.75, 3.05) is 0 Å². The Morgan fingerprint density at radius 3 is 2.43 bits per heavy atom. The average molecular weight is 574 g/mol. The summed E-state index contributed by atoms with van der Waals surface area (Å²) in [5.74, 6) is -1.74. The van der Waals surface area contributed by atoms with Crippen LogP contribution in [-0.2, 0) is 6.54 Å². The van der Waals surface area contributed by atoms with E-state index in [4.69, 9.17) is 0 Å². The molecule has 10 heteroatoms. The van der Waals surface area contributed by atoms with Crippen molar-refractivity contribution in [3.05, 3.63) is 119 Å². The predicted molar refractivity (Wildman–Crippen MR) is 151 cm³/mol. The minimum atomic E-state index is -4.81. The molecule has 0 aliphatic carbocycles. The molecule has 2 N–H and O–H groups in total. The van der Waals surface area contributed by atoms with Crippen LogP contribution in [0, 0.1) is 6.92 Å². The molecule has 214 valence electrons. The van der Waals surface area contributed by atoms with E-state index < -0.39 is 24.3 Å². The normalized spacial score (nSPS) is 12.2. The van der Waals surface area contributed by atoms with Crippen LogP contribution in [0.15, 0.2) is 91.0 Å². The van der Waals surface area contributed by atoms with Crippen LogP contribution >= 0.6 is 0 Å². The van der Waals surface area contributed by atoms with Gasteiger partial charge in [-0.3, -0.25) is 9.48 Å². The Morgan fingerprint density at radius 1 is 0.976 bits per heavy atom. The number of nitrogens with zero attached hydrogens (tertiary/aromatic N) is 2. The number of amides is 1. The molecule has 0 unspecified atom stereocenters. The molecule has 0 bridgehead atoms. The van der Waals surface area contributed by atoms with Gasteiger partial charge in [0.1, 0.15) is 5.75 Å². The third-order valence-electron chi connectivity index (χ3n) is 6.89. The van der Waals surface area contributed by atoms with E-state index in [0.717, 1.165) is 27.7 Å². The first-order valence-corrected chi connectivity index (χ1v) is 13.0. The average Bonchev–Trinajstić information content (AvgIpc) is 3.26. The standard InChI is InChI=1S/C32H26F3N3O4/c1-19(23-6-5-7-25(16-23)42-32(33,34)35)36-30(39)24-14-15-26-20(2)37-38(29(26)17-24)18-21-10-12-22(13-11-21)27-8-3-4-9-28(27)31(40)41/h3-17,19H,18H2,1-2H3,(H,36,39)(H,40,41)/t19-/m0/s1. The molecule has 0 spiro atoms. The molecule has 0 aliphatic heterocycles. The second-order valence-electron chi connectivity index (χ2n) is 9.84. The van der Waals surface area contributed by atoms with Crippen LogP contribution in [-0.4, -0.2) is 33.1 Å². The fourth-order valence-electron chi connectivity index (χ4n) is 4.83. The van der Waals surface area contributed by atoms with Gasteiger partial charge in [-0.05, 0) is 66.4 Å². The summed E-state index contributed by atoms with van der Waals surface area (Å²) in [5.41, 5.74) is 4.93. The predicted octanol–water partition coefficient (Wildman–Crippen LogP) is 7.15. The zero-order valence-corrected chi connectivity index (χ0v) is 22.6. The fraction of sp³-hybridized carbons (Fsp3) is 0.156. The van der Waals surface area contributed by atoms with E-state index in [0.29, 0.717) is 23.2 Å². The third kappa shape index (κ3) is 6.27. The van der Waals surface area contributed by atoms with Crippen molar-refractivity contribution in [2.45, 2.75) is 32.8 Å². The summed E-state index contributed by atoms with van der Waals surface area (Å²) in [7, 11) is 0. The van der Waals surface area contributed by atoms with Gasteiger partial charge in [-0.1, -0.05) is 60.7 Å². The molecule has 1 amide bonds. The first kappa shape index (κ1) is 28.4. The fourth-order valence-corrected chi connectivity index (χ4v) is 4.83. The summed E-state index contributed by atoms with van der Waals surface area (Å²) in [4.78, 5) is 24.7. The summed E-state index contributed by atoms with van der Waals surface area (Å²) in [6.45, 7) is 3.97. The number of alkyl halides is 3. The van der Waals surface area contributed by atoms with Crippen molar-refractivity contribution in [2.24, 2.45) is 0 Å². The van der Waals surface area contributed by atoms with Crippen molar-refractivity contribution in [1.82, 2.24) is 15.1 Å². The summed E-state index contributed by atoms with van der Waals surface area (Å²) in [6.07, 6.45) is -4.81. The van der Waals surface area contributed by atoms with Gasteiger partial charge in [0.25, 0.3) is 5.91 Å². The van der Waals surface area contributed by atoms with Crippen LogP contribution in [0.5, 0.6) is 5.75 Å². The highest BCUT2D eigenvalue weighted by Crippen LogP contribution is 2.27. The minimum absolute atomic E-state index is 0.224. The molecule has 1 heterocycles. The third-order valence-corrected chi connectivity index (χ3v) is 6.89. The summed E-state index contributed by atoms with van der Waals surface area (Å²) < 4.78 is 43.6. The van der Waals surface area contributed by atoms with E-state index in [2.05, 4.69) is 15.2 Å². The number of carbonyl (C=O) groups is 2.